The summed E-state index contributed by atoms with van der Waals surface area (Å²) in [5, 5.41) is 9.90. The van der Waals surface area contributed by atoms with Gasteiger partial charge in [-0.2, -0.15) is 0 Å². The van der Waals surface area contributed by atoms with Gasteiger partial charge in [0, 0.05) is 18.2 Å². The molecule has 0 atom stereocenters. The lowest BCUT2D eigenvalue weighted by Gasteiger charge is -2.16. The van der Waals surface area contributed by atoms with Crippen molar-refractivity contribution in [3.63, 3.8) is 0 Å². The highest BCUT2D eigenvalue weighted by atomic mass is 16.2. The van der Waals surface area contributed by atoms with E-state index in [1.54, 1.807) is 0 Å². The number of unbranched alkanes of at least 4 members (excludes halogenated alkanes) is 9. The van der Waals surface area contributed by atoms with Gasteiger partial charge in [0.15, 0.2) is 0 Å². The van der Waals surface area contributed by atoms with Gasteiger partial charge in [-0.1, -0.05) is 93.8 Å². The Balaban J connectivity index is 1.49. The minimum Gasteiger partial charge on any atom is -0.396 e. The summed E-state index contributed by atoms with van der Waals surface area (Å²) in [5.74, 6) is 0. The van der Waals surface area contributed by atoms with E-state index in [9.17, 15) is 4.79 Å². The van der Waals surface area contributed by atoms with Crippen LogP contribution in [0.2, 0.25) is 0 Å². The number of rotatable bonds is 14. The number of aliphatic hydroxyl groups excluding tert-OH is 1. The number of pyridine rings is 1. The summed E-state index contributed by atoms with van der Waals surface area (Å²) >= 11 is 0. The van der Waals surface area contributed by atoms with E-state index in [1.165, 1.54) is 63.4 Å². The molecule has 33 heavy (non-hydrogen) atoms. The molecule has 3 heteroatoms. The van der Waals surface area contributed by atoms with Crippen molar-refractivity contribution in [2.24, 2.45) is 0 Å². The minimum atomic E-state index is 0.0878. The molecule has 1 aromatic heterocycles. The highest BCUT2D eigenvalue weighted by Gasteiger charge is 2.13. The van der Waals surface area contributed by atoms with Gasteiger partial charge in [-0.3, -0.25) is 4.79 Å². The lowest BCUT2D eigenvalue weighted by atomic mass is 10.00. The molecule has 0 aliphatic heterocycles. The first-order chi connectivity index (χ1) is 16.1. The lowest BCUT2D eigenvalue weighted by molar-refractivity contribution is 0.282. The molecule has 1 heterocycles. The molecule has 0 radical (unpaired) electrons. The molecule has 0 unspecified atom stereocenters. The molecule has 1 N–H and O–H groups in total. The van der Waals surface area contributed by atoms with Crippen molar-refractivity contribution in [2.75, 3.05) is 6.61 Å². The summed E-state index contributed by atoms with van der Waals surface area (Å²) in [5.41, 5.74) is 4.23. The maximum absolute atomic E-state index is 13.2. The normalized spacial score (nSPS) is 11.5. The van der Waals surface area contributed by atoms with E-state index in [0.29, 0.717) is 6.61 Å². The summed E-state index contributed by atoms with van der Waals surface area (Å²) in [6, 6.07) is 18.9. The molecule has 0 spiro atoms. The van der Waals surface area contributed by atoms with Gasteiger partial charge in [-0.15, -0.1) is 0 Å². The van der Waals surface area contributed by atoms with E-state index in [1.807, 2.05) is 28.8 Å². The summed E-state index contributed by atoms with van der Waals surface area (Å²) in [4.78, 5) is 13.2. The van der Waals surface area contributed by atoms with Crippen molar-refractivity contribution in [1.29, 1.82) is 0 Å². The van der Waals surface area contributed by atoms with Crippen molar-refractivity contribution < 1.29 is 5.11 Å². The molecule has 0 amide bonds. The van der Waals surface area contributed by atoms with Gasteiger partial charge in [0.2, 0.25) is 0 Å². The van der Waals surface area contributed by atoms with Crippen LogP contribution in [0, 0.1) is 0 Å². The fraction of sp³-hybridized carbons (Fsp3) is 0.500. The average Bonchev–Trinajstić information content (AvgIpc) is 2.82. The molecular weight excluding hydrogens is 406 g/mol. The third-order valence-corrected chi connectivity index (χ3v) is 6.60. The molecule has 0 bridgehead atoms. The Kier molecular flexibility index (Phi) is 10.2. The molecule has 3 rings (SSSR count). The predicted octanol–water partition coefficient (Wildman–Crippen LogP) is 7.69. The van der Waals surface area contributed by atoms with Crippen LogP contribution < -0.4 is 5.56 Å². The second-order valence-electron chi connectivity index (χ2n) is 9.59. The first-order valence-electron chi connectivity index (χ1n) is 13.0. The number of para-hydroxylation sites is 1. The van der Waals surface area contributed by atoms with Gasteiger partial charge < -0.3 is 9.67 Å². The Morgan fingerprint density at radius 1 is 0.758 bits per heavy atom. The quantitative estimate of drug-likeness (QED) is 0.257. The third-order valence-electron chi connectivity index (χ3n) is 6.60. The highest BCUT2D eigenvalue weighted by molar-refractivity contribution is 5.84. The molecule has 0 fully saturated rings. The number of hydrogen-bond acceptors (Lipinski definition) is 2. The minimum absolute atomic E-state index is 0.0878. The smallest absolute Gasteiger partial charge is 0.259 e. The van der Waals surface area contributed by atoms with Crippen LogP contribution in [0.4, 0.5) is 0 Å². The molecule has 0 saturated carbocycles. The summed E-state index contributed by atoms with van der Waals surface area (Å²) < 4.78 is 1.91. The summed E-state index contributed by atoms with van der Waals surface area (Å²) in [7, 11) is 0. The molecular formula is C30H41NO2. The van der Waals surface area contributed by atoms with Crippen molar-refractivity contribution in [2.45, 2.75) is 90.5 Å². The SMILES string of the molecule is CC(C)n1c(=O)c(-c2ccc(CCCCCCCCCCCCO)cc2)cc2ccccc21. The zero-order chi connectivity index (χ0) is 23.5. The maximum Gasteiger partial charge on any atom is 0.259 e. The van der Waals surface area contributed by atoms with Crippen LogP contribution >= 0.6 is 0 Å². The summed E-state index contributed by atoms with van der Waals surface area (Å²) in [6.07, 6.45) is 13.7. The van der Waals surface area contributed by atoms with Crippen molar-refractivity contribution in [3.8, 4) is 11.1 Å². The predicted molar refractivity (Wildman–Crippen MR) is 141 cm³/mol. The van der Waals surface area contributed by atoms with Crippen molar-refractivity contribution in [1.82, 2.24) is 4.57 Å². The second-order valence-corrected chi connectivity index (χ2v) is 9.59. The number of hydrogen-bond donors (Lipinski definition) is 1. The molecule has 0 aliphatic carbocycles. The van der Waals surface area contributed by atoms with Crippen molar-refractivity contribution >= 4 is 10.9 Å². The number of fused-ring (bicyclic) bond motifs is 1. The van der Waals surface area contributed by atoms with Crippen LogP contribution in [-0.4, -0.2) is 16.3 Å². The van der Waals surface area contributed by atoms with E-state index in [2.05, 4.69) is 44.2 Å². The van der Waals surface area contributed by atoms with Gasteiger partial charge >= 0.3 is 0 Å². The highest BCUT2D eigenvalue weighted by Crippen LogP contribution is 2.24. The van der Waals surface area contributed by atoms with Crippen molar-refractivity contribution in [3.05, 3.63) is 70.5 Å². The molecule has 2 aromatic carbocycles. The monoisotopic (exact) mass is 447 g/mol. The largest absolute Gasteiger partial charge is 0.396 e. The van der Waals surface area contributed by atoms with E-state index in [4.69, 9.17) is 5.11 Å². The second kappa shape index (κ2) is 13.3. The van der Waals surface area contributed by atoms with E-state index < -0.39 is 0 Å². The number of aliphatic hydroxyl groups is 1. The van der Waals surface area contributed by atoms with Gasteiger partial charge in [-0.25, -0.2) is 0 Å². The first-order valence-corrected chi connectivity index (χ1v) is 13.0. The zero-order valence-electron chi connectivity index (χ0n) is 20.6. The number of aryl methyl sites for hydroxylation is 1. The standard InChI is InChI=1S/C30H41NO2/c1-24(2)31-29-17-13-12-16-27(29)23-28(30(31)33)26-20-18-25(19-21-26)15-11-9-7-5-3-4-6-8-10-14-22-32/h12-13,16-21,23-24,32H,3-11,14-15,22H2,1-2H3. The van der Waals surface area contributed by atoms with Crippen LogP contribution in [0.15, 0.2) is 59.4 Å². The molecule has 3 nitrogen and oxygen atoms in total. The Morgan fingerprint density at radius 2 is 1.33 bits per heavy atom. The van der Waals surface area contributed by atoms with Crippen LogP contribution in [0.1, 0.15) is 89.7 Å². The van der Waals surface area contributed by atoms with Crippen LogP contribution in [0.5, 0.6) is 0 Å². The Bertz CT molecular complexity index is 1030. The van der Waals surface area contributed by atoms with Gasteiger partial charge in [-0.05, 0) is 61.8 Å². The van der Waals surface area contributed by atoms with Gasteiger partial charge in [0.05, 0.1) is 5.52 Å². The van der Waals surface area contributed by atoms with E-state index in [0.717, 1.165) is 34.9 Å². The number of benzene rings is 2. The Morgan fingerprint density at radius 3 is 1.94 bits per heavy atom. The van der Waals surface area contributed by atoms with Gasteiger partial charge in [0.1, 0.15) is 0 Å². The van der Waals surface area contributed by atoms with Gasteiger partial charge in [0.25, 0.3) is 5.56 Å². The topological polar surface area (TPSA) is 42.2 Å². The van der Waals surface area contributed by atoms with Crippen LogP contribution in [0.3, 0.4) is 0 Å². The first kappa shape index (κ1) is 25.2. The molecule has 0 aliphatic rings. The fourth-order valence-electron chi connectivity index (χ4n) is 4.71. The summed E-state index contributed by atoms with van der Waals surface area (Å²) in [6.45, 7) is 4.48. The lowest BCUT2D eigenvalue weighted by Crippen LogP contribution is -2.23. The van der Waals surface area contributed by atoms with Crippen LogP contribution in [0.25, 0.3) is 22.0 Å². The fourth-order valence-corrected chi connectivity index (χ4v) is 4.71. The molecule has 3 aromatic rings. The zero-order valence-corrected chi connectivity index (χ0v) is 20.6. The molecule has 178 valence electrons. The molecule has 0 saturated heterocycles. The number of aromatic nitrogens is 1. The van der Waals surface area contributed by atoms with Crippen LogP contribution in [-0.2, 0) is 6.42 Å². The Labute approximate surface area is 199 Å². The maximum atomic E-state index is 13.2. The number of nitrogens with zero attached hydrogens (tertiary/aromatic N) is 1. The van der Waals surface area contributed by atoms with E-state index >= 15 is 0 Å². The van der Waals surface area contributed by atoms with E-state index in [-0.39, 0.29) is 11.6 Å². The third kappa shape index (κ3) is 7.30. The Hall–Kier alpha value is -2.39. The average molecular weight is 448 g/mol.